The normalized spacial score (nSPS) is 21.2. The van der Waals surface area contributed by atoms with Gasteiger partial charge in [-0.15, -0.1) is 0 Å². The molecule has 1 aliphatic rings. The number of nitrogens with two attached hydrogens (primary N) is 1. The first-order valence-corrected chi connectivity index (χ1v) is 8.86. The van der Waals surface area contributed by atoms with Gasteiger partial charge in [-0.1, -0.05) is 17.7 Å². The molecule has 0 saturated carbocycles. The number of nitrogens with one attached hydrogen (secondary N) is 1. The van der Waals surface area contributed by atoms with Gasteiger partial charge in [-0.2, -0.15) is 0 Å². The average Bonchev–Trinajstić information content (AvgIpc) is 2.62. The predicted molar refractivity (Wildman–Crippen MR) is 72.9 cm³/mol. The van der Waals surface area contributed by atoms with E-state index in [1.165, 1.54) is 6.08 Å². The van der Waals surface area contributed by atoms with Crippen LogP contribution in [0.1, 0.15) is 0 Å². The topological polar surface area (TPSA) is 106 Å². The SMILES string of the molecule is Nc1cc(Cl)c(F)c(S(=O)(=O)NC2C=CS(=O)(=O)C2)c1. The van der Waals surface area contributed by atoms with Crippen molar-refractivity contribution in [2.24, 2.45) is 0 Å². The minimum Gasteiger partial charge on any atom is -0.399 e. The zero-order valence-corrected chi connectivity index (χ0v) is 12.3. The summed E-state index contributed by atoms with van der Waals surface area (Å²) in [5.74, 6) is -1.55. The van der Waals surface area contributed by atoms with Gasteiger partial charge in [-0.3, -0.25) is 0 Å². The van der Waals surface area contributed by atoms with Crippen LogP contribution in [0.5, 0.6) is 0 Å². The van der Waals surface area contributed by atoms with Crippen molar-refractivity contribution in [1.82, 2.24) is 4.72 Å². The fourth-order valence-electron chi connectivity index (χ4n) is 1.69. The van der Waals surface area contributed by atoms with Crippen LogP contribution in [0.25, 0.3) is 0 Å². The third kappa shape index (κ3) is 3.11. The fourth-order valence-corrected chi connectivity index (χ4v) is 4.64. The highest BCUT2D eigenvalue weighted by molar-refractivity contribution is 7.94. The van der Waals surface area contributed by atoms with Crippen molar-refractivity contribution in [3.63, 3.8) is 0 Å². The Hall–Kier alpha value is -1.16. The van der Waals surface area contributed by atoms with Crippen LogP contribution in [-0.4, -0.2) is 28.6 Å². The Morgan fingerprint density at radius 3 is 2.60 bits per heavy atom. The molecule has 20 heavy (non-hydrogen) atoms. The van der Waals surface area contributed by atoms with E-state index in [2.05, 4.69) is 4.72 Å². The molecule has 1 atom stereocenters. The minimum absolute atomic E-state index is 0.0219. The van der Waals surface area contributed by atoms with E-state index in [0.717, 1.165) is 17.5 Å². The zero-order valence-electron chi connectivity index (χ0n) is 9.88. The molecule has 110 valence electrons. The van der Waals surface area contributed by atoms with Gasteiger partial charge in [0.15, 0.2) is 15.7 Å². The van der Waals surface area contributed by atoms with Gasteiger partial charge in [0.1, 0.15) is 4.90 Å². The van der Waals surface area contributed by atoms with Gasteiger partial charge >= 0.3 is 0 Å². The molecule has 2 rings (SSSR count). The predicted octanol–water partition coefficient (Wildman–Crippen LogP) is 0.650. The highest BCUT2D eigenvalue weighted by Gasteiger charge is 2.29. The zero-order chi connectivity index (χ0) is 15.1. The van der Waals surface area contributed by atoms with Crippen molar-refractivity contribution in [2.45, 2.75) is 10.9 Å². The van der Waals surface area contributed by atoms with Crippen molar-refractivity contribution < 1.29 is 21.2 Å². The number of benzene rings is 1. The van der Waals surface area contributed by atoms with Crippen molar-refractivity contribution >= 4 is 37.1 Å². The van der Waals surface area contributed by atoms with Crippen LogP contribution in [0.2, 0.25) is 5.02 Å². The van der Waals surface area contributed by atoms with E-state index >= 15 is 0 Å². The number of sulfonamides is 1. The molecule has 1 aliphatic heterocycles. The van der Waals surface area contributed by atoms with E-state index in [-0.39, 0.29) is 5.69 Å². The van der Waals surface area contributed by atoms with Crippen LogP contribution in [0.3, 0.4) is 0 Å². The molecule has 6 nitrogen and oxygen atoms in total. The van der Waals surface area contributed by atoms with Crippen LogP contribution in [0.4, 0.5) is 10.1 Å². The lowest BCUT2D eigenvalue weighted by Crippen LogP contribution is -2.36. The summed E-state index contributed by atoms with van der Waals surface area (Å²) in [5, 5.41) is 0.475. The van der Waals surface area contributed by atoms with Crippen molar-refractivity contribution in [3.8, 4) is 0 Å². The van der Waals surface area contributed by atoms with E-state index in [9.17, 15) is 21.2 Å². The lowest BCUT2D eigenvalue weighted by atomic mass is 10.3. The lowest BCUT2D eigenvalue weighted by molar-refractivity contribution is 0.553. The summed E-state index contributed by atoms with van der Waals surface area (Å²) in [5.41, 5.74) is 5.40. The smallest absolute Gasteiger partial charge is 0.244 e. The summed E-state index contributed by atoms with van der Waals surface area (Å²) < 4.78 is 62.3. The first-order chi connectivity index (χ1) is 9.11. The first kappa shape index (κ1) is 15.2. The molecule has 3 N–H and O–H groups in total. The molecule has 0 aromatic heterocycles. The molecule has 0 fully saturated rings. The number of anilines is 1. The molecule has 0 spiro atoms. The molecule has 0 radical (unpaired) electrons. The second-order valence-corrected chi connectivity index (χ2v) is 8.22. The van der Waals surface area contributed by atoms with Crippen molar-refractivity contribution in [3.05, 3.63) is 34.5 Å². The fraction of sp³-hybridized carbons (Fsp3) is 0.200. The van der Waals surface area contributed by atoms with E-state index in [1.54, 1.807) is 0 Å². The Labute approximate surface area is 120 Å². The molecule has 0 saturated heterocycles. The minimum atomic E-state index is -4.27. The van der Waals surface area contributed by atoms with Gasteiger partial charge in [0, 0.05) is 11.1 Å². The maximum atomic E-state index is 13.8. The number of halogens is 2. The molecule has 0 amide bonds. The van der Waals surface area contributed by atoms with Crippen molar-refractivity contribution in [1.29, 1.82) is 0 Å². The number of hydrogen-bond acceptors (Lipinski definition) is 5. The lowest BCUT2D eigenvalue weighted by Gasteiger charge is -2.12. The summed E-state index contributed by atoms with van der Waals surface area (Å²) in [6, 6.07) is 1.04. The standard InChI is InChI=1S/C10H10ClFN2O4S2/c11-8-3-6(13)4-9(10(8)12)20(17,18)14-7-1-2-19(15,16)5-7/h1-4,7,14H,5,13H2. The summed E-state index contributed by atoms with van der Waals surface area (Å²) >= 11 is 5.53. The molecular weight excluding hydrogens is 331 g/mol. The summed E-state index contributed by atoms with van der Waals surface area (Å²) in [7, 11) is -7.70. The van der Waals surface area contributed by atoms with Gasteiger partial charge in [-0.05, 0) is 12.1 Å². The maximum absolute atomic E-state index is 13.8. The number of nitrogen functional groups attached to an aromatic ring is 1. The maximum Gasteiger partial charge on any atom is 0.244 e. The van der Waals surface area contributed by atoms with Crippen LogP contribution in [-0.2, 0) is 19.9 Å². The average molecular weight is 341 g/mol. The molecule has 0 bridgehead atoms. The molecule has 1 heterocycles. The van der Waals surface area contributed by atoms with E-state index < -0.39 is 47.4 Å². The quantitative estimate of drug-likeness (QED) is 0.786. The van der Waals surface area contributed by atoms with Crippen molar-refractivity contribution in [2.75, 3.05) is 11.5 Å². The van der Waals surface area contributed by atoms with Gasteiger partial charge < -0.3 is 5.73 Å². The third-order valence-corrected chi connectivity index (χ3v) is 5.70. The molecular formula is C10H10ClFN2O4S2. The van der Waals surface area contributed by atoms with Gasteiger partial charge in [-0.25, -0.2) is 25.9 Å². The van der Waals surface area contributed by atoms with Crippen LogP contribution < -0.4 is 10.5 Å². The summed E-state index contributed by atoms with van der Waals surface area (Å²) in [6.07, 6.45) is 1.18. The largest absolute Gasteiger partial charge is 0.399 e. The Balaban J connectivity index is 2.35. The molecule has 0 aliphatic carbocycles. The third-order valence-electron chi connectivity index (χ3n) is 2.54. The van der Waals surface area contributed by atoms with E-state index in [4.69, 9.17) is 17.3 Å². The Morgan fingerprint density at radius 2 is 2.05 bits per heavy atom. The molecule has 10 heteroatoms. The Morgan fingerprint density at radius 1 is 1.40 bits per heavy atom. The number of rotatable bonds is 3. The number of hydrogen-bond donors (Lipinski definition) is 2. The van der Waals surface area contributed by atoms with E-state index in [1.807, 2.05) is 0 Å². The number of sulfone groups is 1. The van der Waals surface area contributed by atoms with Crippen LogP contribution in [0, 0.1) is 5.82 Å². The second-order valence-electron chi connectivity index (χ2n) is 4.20. The monoisotopic (exact) mass is 340 g/mol. The summed E-state index contributed by atoms with van der Waals surface area (Å²) in [6.45, 7) is 0. The first-order valence-electron chi connectivity index (χ1n) is 5.28. The van der Waals surface area contributed by atoms with E-state index in [0.29, 0.717) is 0 Å². The van der Waals surface area contributed by atoms with Gasteiger partial charge in [0.05, 0.1) is 16.8 Å². The molecule has 1 unspecified atom stereocenters. The second kappa shape index (κ2) is 4.99. The summed E-state index contributed by atoms with van der Waals surface area (Å²) in [4.78, 5) is -0.722. The Bertz CT molecular complexity index is 790. The molecule has 1 aromatic rings. The highest BCUT2D eigenvalue weighted by atomic mass is 35.5. The van der Waals surface area contributed by atoms with Gasteiger partial charge in [0.25, 0.3) is 0 Å². The molecule has 1 aromatic carbocycles. The van der Waals surface area contributed by atoms with Gasteiger partial charge in [0.2, 0.25) is 10.0 Å². The Kier molecular flexibility index (Phi) is 3.80. The van der Waals surface area contributed by atoms with Crippen LogP contribution >= 0.6 is 11.6 Å². The highest BCUT2D eigenvalue weighted by Crippen LogP contribution is 2.26. The van der Waals surface area contributed by atoms with Crippen LogP contribution in [0.15, 0.2) is 28.5 Å².